The van der Waals surface area contributed by atoms with Crippen molar-refractivity contribution in [2.24, 2.45) is 16.3 Å². The third-order valence-corrected chi connectivity index (χ3v) is 14.1. The number of nitrogens with one attached hydrogen (secondary N) is 2. The Bertz CT molecular complexity index is 2430. The number of likely N-dealkylation sites (N-methyl/N-ethyl adjacent to an activating group) is 2. The van der Waals surface area contributed by atoms with Crippen LogP contribution in [-0.4, -0.2) is 143 Å². The number of hydrogen-bond acceptors (Lipinski definition) is 11. The molecule has 67 heavy (non-hydrogen) atoms. The minimum absolute atomic E-state index is 0.0596. The van der Waals surface area contributed by atoms with Crippen molar-refractivity contribution in [3.63, 3.8) is 0 Å². The number of ether oxygens (including phenoxy) is 2. The number of hydrazine groups is 1. The fourth-order valence-corrected chi connectivity index (χ4v) is 10.4. The number of nitrogens with zero attached hydrogens (tertiary/aromatic N) is 7. The van der Waals surface area contributed by atoms with Crippen LogP contribution in [0.1, 0.15) is 84.0 Å². The molecule has 3 aliphatic rings. The molecule has 17 heteroatoms. The lowest BCUT2D eigenvalue weighted by Gasteiger charge is -2.37. The normalized spacial score (nSPS) is 21.4. The first-order valence-corrected chi connectivity index (χ1v) is 24.2. The Morgan fingerprint density at radius 2 is 1.88 bits per heavy atom. The molecule has 0 aliphatic carbocycles. The summed E-state index contributed by atoms with van der Waals surface area (Å²) >= 11 is 1.39. The Hall–Kier alpha value is -5.65. The molecule has 0 saturated carbocycles. The minimum atomic E-state index is -1.10. The van der Waals surface area contributed by atoms with Gasteiger partial charge in [-0.05, 0) is 76.1 Å². The zero-order valence-electron chi connectivity index (χ0n) is 40.9. The van der Waals surface area contributed by atoms with E-state index in [9.17, 15) is 24.0 Å². The molecule has 2 N–H and O–H groups in total. The number of cyclic esters (lactones) is 1. The molecule has 2 saturated heterocycles. The van der Waals surface area contributed by atoms with Gasteiger partial charge in [0.25, 0.3) is 5.91 Å². The first kappa shape index (κ1) is 50.8. The van der Waals surface area contributed by atoms with E-state index in [0.717, 1.165) is 44.7 Å². The molecule has 362 valence electrons. The van der Waals surface area contributed by atoms with Crippen LogP contribution in [0.3, 0.4) is 0 Å². The van der Waals surface area contributed by atoms with Gasteiger partial charge in [0, 0.05) is 92.9 Å². The monoisotopic (exact) mass is 940 g/mol. The van der Waals surface area contributed by atoms with Crippen LogP contribution in [-0.2, 0) is 48.0 Å². The average Bonchev–Trinajstić information content (AvgIpc) is 4.07. The average molecular weight is 940 g/mol. The number of benzene rings is 1. The second-order valence-electron chi connectivity index (χ2n) is 18.9. The molecule has 2 fully saturated rings. The lowest BCUT2D eigenvalue weighted by Crippen LogP contribution is -2.62. The molecule has 2 aromatic heterocycles. The minimum Gasteiger partial charge on any atom is -0.464 e. The number of aryl methyl sites for hydroxylation is 1. The number of aromatic nitrogens is 2. The van der Waals surface area contributed by atoms with Gasteiger partial charge >= 0.3 is 12.0 Å². The summed E-state index contributed by atoms with van der Waals surface area (Å²) in [5, 5.41) is 8.02. The number of thiazole rings is 1. The van der Waals surface area contributed by atoms with Crippen LogP contribution in [0.4, 0.5) is 4.79 Å². The van der Waals surface area contributed by atoms with Crippen molar-refractivity contribution in [3.05, 3.63) is 70.9 Å². The van der Waals surface area contributed by atoms with Gasteiger partial charge in [-0.1, -0.05) is 53.0 Å². The Morgan fingerprint density at radius 1 is 1.13 bits per heavy atom. The summed E-state index contributed by atoms with van der Waals surface area (Å²) in [5.74, 6) is -1.94. The molecule has 6 rings (SSSR count). The van der Waals surface area contributed by atoms with Crippen molar-refractivity contribution in [1.82, 2.24) is 40.0 Å². The van der Waals surface area contributed by atoms with Gasteiger partial charge in [-0.2, -0.15) is 0 Å². The van der Waals surface area contributed by atoms with Gasteiger partial charge in [-0.15, -0.1) is 11.3 Å². The number of carbonyl (C=O) groups is 5. The summed E-state index contributed by atoms with van der Waals surface area (Å²) < 4.78 is 14.2. The lowest BCUT2D eigenvalue weighted by molar-refractivity contribution is -0.155. The topological polar surface area (TPSA) is 171 Å². The van der Waals surface area contributed by atoms with E-state index in [2.05, 4.69) is 61.4 Å². The number of likely N-dealkylation sites (tertiary alicyclic amines) is 1. The highest BCUT2D eigenvalue weighted by molar-refractivity contribution is 7.10. The summed E-state index contributed by atoms with van der Waals surface area (Å²) in [6.45, 7) is 23.6. The third kappa shape index (κ3) is 10.9. The SMILES string of the molecule is C=CC(=O)N1CC[C@@H](N(C)C(=O)N(C)[C@H](C(=O)N[C@H]2Cc3nc(cs3)-c3ccc4c(c3)c(c(/C(C=C)=C(/N=C\C)[C@H](C)OC)n4CC)CC(C)(C)COC(=O)[C@@H]3CCCN(N3)C2=O)C(C)C)C1. The number of methoxy groups -OCH3 is 1. The highest BCUT2D eigenvalue weighted by Gasteiger charge is 2.40. The van der Waals surface area contributed by atoms with E-state index in [4.69, 9.17) is 19.5 Å². The van der Waals surface area contributed by atoms with E-state index in [1.54, 1.807) is 37.2 Å². The maximum atomic E-state index is 14.7. The summed E-state index contributed by atoms with van der Waals surface area (Å²) in [6.07, 6.45) is 6.71. The number of amides is 5. The van der Waals surface area contributed by atoms with Gasteiger partial charge in [0.05, 0.1) is 40.8 Å². The molecular formula is C50H69N9O7S. The number of allylic oxidation sites excluding steroid dienone is 2. The molecule has 6 bridgehead atoms. The predicted molar refractivity (Wildman–Crippen MR) is 263 cm³/mol. The zero-order valence-corrected chi connectivity index (χ0v) is 41.7. The second-order valence-corrected chi connectivity index (χ2v) is 19.8. The van der Waals surface area contributed by atoms with Crippen LogP contribution in [0.5, 0.6) is 0 Å². The number of esters is 1. The smallest absolute Gasteiger partial charge is 0.324 e. The van der Waals surface area contributed by atoms with Gasteiger partial charge in [-0.3, -0.25) is 29.2 Å². The van der Waals surface area contributed by atoms with Gasteiger partial charge in [-0.25, -0.2) is 15.2 Å². The quantitative estimate of drug-likeness (QED) is 0.0923. The van der Waals surface area contributed by atoms with Crippen LogP contribution in [0.15, 0.2) is 59.6 Å². The maximum absolute atomic E-state index is 14.7. The van der Waals surface area contributed by atoms with E-state index < -0.39 is 41.3 Å². The Labute approximate surface area is 399 Å². The Morgan fingerprint density at radius 3 is 2.54 bits per heavy atom. The molecule has 3 aromatic rings. The fraction of sp³-hybridized carbons (Fsp3) is 0.540. The molecule has 0 radical (unpaired) electrons. The highest BCUT2D eigenvalue weighted by Crippen LogP contribution is 2.40. The van der Waals surface area contributed by atoms with Gasteiger partial charge in [0.1, 0.15) is 18.1 Å². The number of fused-ring (bicyclic) bond motifs is 6. The van der Waals surface area contributed by atoms with Crippen molar-refractivity contribution in [2.45, 2.75) is 117 Å². The van der Waals surface area contributed by atoms with Crippen molar-refractivity contribution in [2.75, 3.05) is 47.4 Å². The zero-order chi connectivity index (χ0) is 48.9. The van der Waals surface area contributed by atoms with E-state index in [1.807, 2.05) is 45.2 Å². The molecule has 16 nitrogen and oxygen atoms in total. The third-order valence-electron chi connectivity index (χ3n) is 13.2. The molecule has 5 amide bonds. The molecular weight excluding hydrogens is 871 g/mol. The summed E-state index contributed by atoms with van der Waals surface area (Å²) in [5.41, 5.74) is 8.81. The molecule has 0 spiro atoms. The Balaban J connectivity index is 1.40. The number of carbonyl (C=O) groups excluding carboxylic acids is 5. The van der Waals surface area contributed by atoms with E-state index in [1.165, 1.54) is 27.3 Å². The van der Waals surface area contributed by atoms with Crippen LogP contribution < -0.4 is 10.7 Å². The van der Waals surface area contributed by atoms with E-state index >= 15 is 0 Å². The molecule has 3 aliphatic heterocycles. The predicted octanol–water partition coefficient (Wildman–Crippen LogP) is 6.25. The largest absolute Gasteiger partial charge is 0.464 e. The molecule has 0 unspecified atom stereocenters. The maximum Gasteiger partial charge on any atom is 0.324 e. The summed E-state index contributed by atoms with van der Waals surface area (Å²) in [6, 6.07) is 2.83. The van der Waals surface area contributed by atoms with Crippen molar-refractivity contribution >= 4 is 63.7 Å². The first-order chi connectivity index (χ1) is 31.9. The number of urea groups is 1. The van der Waals surface area contributed by atoms with Crippen LogP contribution in [0, 0.1) is 11.3 Å². The van der Waals surface area contributed by atoms with Crippen molar-refractivity contribution in [1.29, 1.82) is 0 Å². The van der Waals surface area contributed by atoms with Crippen LogP contribution >= 0.6 is 11.3 Å². The first-order valence-electron chi connectivity index (χ1n) is 23.3. The second kappa shape index (κ2) is 21.5. The van der Waals surface area contributed by atoms with E-state index in [-0.39, 0.29) is 43.0 Å². The Kier molecular flexibility index (Phi) is 16.3. The summed E-state index contributed by atoms with van der Waals surface area (Å²) in [4.78, 5) is 83.9. The molecule has 1 aromatic carbocycles. The standard InChI is InChI=1S/C50H69N9O7S/c1-13-34(43(51-15-3)31(7)65-12)45-36-26-50(8,9)29-66-48(63)37-18-17-22-59(54-37)47(62)38(25-41-52-39(28-67-41)32-19-20-40(35(36)24-32)58(45)16-4)53-46(61)44(30(5)6)56(11)49(64)55(10)33-21-23-57(27-33)42(60)14-2/h13-15,19-20,24,28,30-31,33,37-38,44,54H,1-2,16-18,21-23,25-27,29H2,3-12H3,(H,53,61)/b43-34+,51-15-/t31-,33+,37-,38-,44-/m0/s1. The lowest BCUT2D eigenvalue weighted by atomic mass is 9.84. The number of rotatable bonds is 12. The highest BCUT2D eigenvalue weighted by atomic mass is 32.1. The number of hydrogen-bond donors (Lipinski definition) is 2. The van der Waals surface area contributed by atoms with Gasteiger partial charge in [0.15, 0.2) is 0 Å². The fourth-order valence-electron chi connectivity index (χ4n) is 9.57. The van der Waals surface area contributed by atoms with Gasteiger partial charge < -0.3 is 34.1 Å². The number of aliphatic imine (C=N–C) groups is 1. The van der Waals surface area contributed by atoms with Crippen LogP contribution in [0.2, 0.25) is 0 Å². The molecule has 5 atom stereocenters. The van der Waals surface area contributed by atoms with Crippen LogP contribution in [0.25, 0.3) is 27.7 Å². The van der Waals surface area contributed by atoms with E-state index in [0.29, 0.717) is 56.9 Å². The van der Waals surface area contributed by atoms with Crippen molar-refractivity contribution < 1.29 is 33.4 Å². The molecule has 5 heterocycles. The van der Waals surface area contributed by atoms with Gasteiger partial charge in [0.2, 0.25) is 11.8 Å². The summed E-state index contributed by atoms with van der Waals surface area (Å²) in [7, 11) is 4.92. The van der Waals surface area contributed by atoms with Crippen molar-refractivity contribution in [3.8, 4) is 11.3 Å².